The highest BCUT2D eigenvalue weighted by Gasteiger charge is 2.17. The SMILES string of the molecule is NCCCCCCNC(=O)c1cccc(C(=O)O)c1O. The third-order valence-electron chi connectivity index (χ3n) is 2.93. The van der Waals surface area contributed by atoms with Crippen molar-refractivity contribution in [1.29, 1.82) is 0 Å². The van der Waals surface area contributed by atoms with Crippen LogP contribution in [0, 0.1) is 0 Å². The molecule has 1 aromatic carbocycles. The zero-order chi connectivity index (χ0) is 15.0. The molecule has 0 heterocycles. The summed E-state index contributed by atoms with van der Waals surface area (Å²) in [6.45, 7) is 1.16. The molecule has 20 heavy (non-hydrogen) atoms. The second kappa shape index (κ2) is 8.16. The molecule has 0 aliphatic carbocycles. The summed E-state index contributed by atoms with van der Waals surface area (Å²) in [5, 5.41) is 21.3. The van der Waals surface area contributed by atoms with E-state index in [1.54, 1.807) is 0 Å². The number of para-hydroxylation sites is 1. The maximum atomic E-state index is 11.8. The summed E-state index contributed by atoms with van der Waals surface area (Å²) >= 11 is 0. The fraction of sp³-hybridized carbons (Fsp3) is 0.429. The van der Waals surface area contributed by atoms with Gasteiger partial charge in [0.25, 0.3) is 5.91 Å². The highest BCUT2D eigenvalue weighted by molar-refractivity contribution is 6.01. The summed E-state index contributed by atoms with van der Waals surface area (Å²) in [7, 11) is 0. The number of rotatable bonds is 8. The number of aromatic hydroxyl groups is 1. The van der Waals surface area contributed by atoms with Gasteiger partial charge in [0.15, 0.2) is 0 Å². The summed E-state index contributed by atoms with van der Waals surface area (Å²) in [6.07, 6.45) is 3.78. The monoisotopic (exact) mass is 280 g/mol. The van der Waals surface area contributed by atoms with E-state index in [0.717, 1.165) is 25.7 Å². The highest BCUT2D eigenvalue weighted by atomic mass is 16.4. The molecule has 1 amide bonds. The predicted octanol–water partition coefficient (Wildman–Crippen LogP) is 1.34. The van der Waals surface area contributed by atoms with Crippen LogP contribution < -0.4 is 11.1 Å². The maximum Gasteiger partial charge on any atom is 0.339 e. The Morgan fingerprint density at radius 1 is 1.10 bits per heavy atom. The first-order valence-corrected chi connectivity index (χ1v) is 6.61. The van der Waals surface area contributed by atoms with E-state index < -0.39 is 17.6 Å². The third-order valence-corrected chi connectivity index (χ3v) is 2.93. The normalized spacial score (nSPS) is 10.2. The van der Waals surface area contributed by atoms with Crippen LogP contribution in [0.15, 0.2) is 18.2 Å². The Morgan fingerprint density at radius 3 is 2.40 bits per heavy atom. The third kappa shape index (κ3) is 4.55. The zero-order valence-corrected chi connectivity index (χ0v) is 11.3. The molecule has 0 fully saturated rings. The van der Waals surface area contributed by atoms with Crippen molar-refractivity contribution < 1.29 is 19.8 Å². The minimum atomic E-state index is -1.26. The van der Waals surface area contributed by atoms with Crippen molar-refractivity contribution in [2.75, 3.05) is 13.1 Å². The number of benzene rings is 1. The lowest BCUT2D eigenvalue weighted by Gasteiger charge is -2.08. The number of hydrogen-bond donors (Lipinski definition) is 4. The summed E-state index contributed by atoms with van der Waals surface area (Å²) in [5.74, 6) is -2.23. The predicted molar refractivity (Wildman–Crippen MR) is 74.9 cm³/mol. The fourth-order valence-corrected chi connectivity index (χ4v) is 1.82. The summed E-state index contributed by atoms with van der Waals surface area (Å²) in [6, 6.07) is 4.08. The van der Waals surface area contributed by atoms with Gasteiger partial charge in [-0.1, -0.05) is 18.9 Å². The number of phenols is 1. The van der Waals surface area contributed by atoms with Crippen molar-refractivity contribution in [1.82, 2.24) is 5.32 Å². The van der Waals surface area contributed by atoms with Gasteiger partial charge < -0.3 is 21.3 Å². The lowest BCUT2D eigenvalue weighted by Crippen LogP contribution is -2.24. The molecule has 0 saturated heterocycles. The topological polar surface area (TPSA) is 113 Å². The molecule has 0 spiro atoms. The lowest BCUT2D eigenvalue weighted by molar-refractivity contribution is 0.0693. The van der Waals surface area contributed by atoms with Crippen molar-refractivity contribution in [3.05, 3.63) is 29.3 Å². The first-order chi connectivity index (χ1) is 9.57. The largest absolute Gasteiger partial charge is 0.506 e. The molecule has 0 aromatic heterocycles. The molecule has 1 rings (SSSR count). The molecule has 0 aliphatic rings. The van der Waals surface area contributed by atoms with Crippen molar-refractivity contribution in [3.63, 3.8) is 0 Å². The Balaban J connectivity index is 2.52. The molecule has 0 atom stereocenters. The molecular weight excluding hydrogens is 260 g/mol. The Hall–Kier alpha value is -2.08. The molecule has 110 valence electrons. The molecule has 0 saturated carbocycles. The van der Waals surface area contributed by atoms with Gasteiger partial charge in [-0.3, -0.25) is 4.79 Å². The van der Waals surface area contributed by atoms with Crippen LogP contribution in [0.2, 0.25) is 0 Å². The summed E-state index contributed by atoms with van der Waals surface area (Å²) in [5.41, 5.74) is 5.08. The van der Waals surface area contributed by atoms with E-state index in [2.05, 4.69) is 5.32 Å². The first kappa shape index (κ1) is 16.0. The molecule has 0 radical (unpaired) electrons. The smallest absolute Gasteiger partial charge is 0.339 e. The van der Waals surface area contributed by atoms with Crippen molar-refractivity contribution in [2.24, 2.45) is 5.73 Å². The van der Waals surface area contributed by atoms with Crippen LogP contribution in [0.3, 0.4) is 0 Å². The maximum absolute atomic E-state index is 11.8. The lowest BCUT2D eigenvalue weighted by atomic mass is 10.1. The zero-order valence-electron chi connectivity index (χ0n) is 11.3. The van der Waals surface area contributed by atoms with Crippen LogP contribution >= 0.6 is 0 Å². The number of aromatic carboxylic acids is 1. The number of nitrogens with one attached hydrogen (secondary N) is 1. The number of carboxylic acids is 1. The average Bonchev–Trinajstić information content (AvgIpc) is 2.42. The molecule has 6 nitrogen and oxygen atoms in total. The van der Waals surface area contributed by atoms with Gasteiger partial charge in [0, 0.05) is 6.54 Å². The number of unbranched alkanes of at least 4 members (excludes halogenated alkanes) is 3. The van der Waals surface area contributed by atoms with E-state index in [1.807, 2.05) is 0 Å². The van der Waals surface area contributed by atoms with Gasteiger partial charge in [0.2, 0.25) is 0 Å². The number of nitrogens with two attached hydrogens (primary N) is 1. The number of amides is 1. The molecule has 0 aliphatic heterocycles. The number of carboxylic acid groups (broad SMARTS) is 1. The van der Waals surface area contributed by atoms with E-state index in [-0.39, 0.29) is 11.1 Å². The van der Waals surface area contributed by atoms with Crippen molar-refractivity contribution in [3.8, 4) is 5.75 Å². The molecule has 5 N–H and O–H groups in total. The molecule has 1 aromatic rings. The first-order valence-electron chi connectivity index (χ1n) is 6.61. The number of hydrogen-bond acceptors (Lipinski definition) is 4. The quantitative estimate of drug-likeness (QED) is 0.537. The van der Waals surface area contributed by atoms with Gasteiger partial charge in [-0.25, -0.2) is 4.79 Å². The molecule has 0 unspecified atom stereocenters. The minimum Gasteiger partial charge on any atom is -0.506 e. The Morgan fingerprint density at radius 2 is 1.75 bits per heavy atom. The average molecular weight is 280 g/mol. The Labute approximate surface area is 117 Å². The van der Waals surface area contributed by atoms with Crippen LogP contribution in [0.25, 0.3) is 0 Å². The van der Waals surface area contributed by atoms with E-state index >= 15 is 0 Å². The van der Waals surface area contributed by atoms with Gasteiger partial charge in [0.05, 0.1) is 5.56 Å². The van der Waals surface area contributed by atoms with Crippen LogP contribution in [0.1, 0.15) is 46.4 Å². The van der Waals surface area contributed by atoms with Crippen molar-refractivity contribution in [2.45, 2.75) is 25.7 Å². The highest BCUT2D eigenvalue weighted by Crippen LogP contribution is 2.22. The van der Waals surface area contributed by atoms with Crippen LogP contribution in [-0.4, -0.2) is 35.2 Å². The van der Waals surface area contributed by atoms with Gasteiger partial charge in [-0.05, 0) is 31.5 Å². The number of carbonyl (C=O) groups excluding carboxylic acids is 1. The van der Waals surface area contributed by atoms with E-state index in [4.69, 9.17) is 10.8 Å². The van der Waals surface area contributed by atoms with Crippen LogP contribution in [0.4, 0.5) is 0 Å². The second-order valence-corrected chi connectivity index (χ2v) is 4.47. The van der Waals surface area contributed by atoms with Crippen LogP contribution in [0.5, 0.6) is 5.75 Å². The molecule has 6 heteroatoms. The van der Waals surface area contributed by atoms with E-state index in [9.17, 15) is 14.7 Å². The van der Waals surface area contributed by atoms with Gasteiger partial charge in [-0.15, -0.1) is 0 Å². The second-order valence-electron chi connectivity index (χ2n) is 4.47. The minimum absolute atomic E-state index is 0.0214. The standard InChI is InChI=1S/C14H20N2O4/c15-8-3-1-2-4-9-16-13(18)10-6-5-7-11(12(10)17)14(19)20/h5-7,17H,1-4,8-9,15H2,(H,16,18)(H,19,20). The van der Waals surface area contributed by atoms with Crippen molar-refractivity contribution >= 4 is 11.9 Å². The van der Waals surface area contributed by atoms with Gasteiger partial charge >= 0.3 is 5.97 Å². The van der Waals surface area contributed by atoms with Gasteiger partial charge in [0.1, 0.15) is 11.3 Å². The van der Waals surface area contributed by atoms with E-state index in [0.29, 0.717) is 13.1 Å². The van der Waals surface area contributed by atoms with Gasteiger partial charge in [-0.2, -0.15) is 0 Å². The van der Waals surface area contributed by atoms with Crippen LogP contribution in [-0.2, 0) is 0 Å². The molecule has 0 bridgehead atoms. The van der Waals surface area contributed by atoms with E-state index in [1.165, 1.54) is 18.2 Å². The fourth-order valence-electron chi connectivity index (χ4n) is 1.82. The Bertz CT molecular complexity index is 474. The number of carbonyl (C=O) groups is 2. The summed E-state index contributed by atoms with van der Waals surface area (Å²) < 4.78 is 0. The Kier molecular flexibility index (Phi) is 6.52. The summed E-state index contributed by atoms with van der Waals surface area (Å²) in [4.78, 5) is 22.7. The molecular formula is C14H20N2O4.